The molecule has 0 saturated heterocycles. The lowest BCUT2D eigenvalue weighted by atomic mass is 9.83. The lowest BCUT2D eigenvalue weighted by molar-refractivity contribution is 0.669. The third kappa shape index (κ3) is 3.55. The van der Waals surface area contributed by atoms with Crippen LogP contribution in [0.4, 0.5) is 0 Å². The van der Waals surface area contributed by atoms with E-state index in [1.807, 2.05) is 17.4 Å². The molecule has 222 valence electrons. The van der Waals surface area contributed by atoms with Crippen molar-refractivity contribution >= 4 is 85.8 Å². The minimum atomic E-state index is 0.916. The highest BCUT2D eigenvalue weighted by Gasteiger charge is 2.21. The maximum Gasteiger partial charge on any atom is 0.136 e. The second-order valence-corrected chi connectivity index (χ2v) is 13.8. The van der Waals surface area contributed by atoms with Crippen LogP contribution in [0.5, 0.6) is 0 Å². The Balaban J connectivity index is 1.22. The SMILES string of the molecule is c1cc(-c2c3ccccc3c(-c3cc4cccc5sc6cccc3c6c45)c3ccccc23)cc(-c2cccc3oc4ccccc4c23)c1. The maximum absolute atomic E-state index is 6.27. The molecule has 0 atom stereocenters. The van der Waals surface area contributed by atoms with Crippen LogP contribution in [0.2, 0.25) is 0 Å². The third-order valence-corrected chi connectivity index (χ3v) is 11.3. The molecule has 48 heavy (non-hydrogen) atoms. The number of rotatable bonds is 3. The van der Waals surface area contributed by atoms with Gasteiger partial charge in [0, 0.05) is 30.9 Å². The Bertz CT molecular complexity index is 3010. The molecule has 0 N–H and O–H groups in total. The first-order valence-corrected chi connectivity index (χ1v) is 17.2. The third-order valence-electron chi connectivity index (χ3n) is 10.2. The van der Waals surface area contributed by atoms with Gasteiger partial charge in [0.25, 0.3) is 0 Å². The predicted molar refractivity (Wildman–Crippen MR) is 207 cm³/mol. The Labute approximate surface area is 280 Å². The fourth-order valence-corrected chi connectivity index (χ4v) is 9.43. The molecule has 11 rings (SSSR count). The van der Waals surface area contributed by atoms with Crippen molar-refractivity contribution in [3.8, 4) is 33.4 Å². The zero-order chi connectivity index (χ0) is 31.3. The van der Waals surface area contributed by atoms with Gasteiger partial charge < -0.3 is 4.42 Å². The highest BCUT2D eigenvalue weighted by Crippen LogP contribution is 2.49. The zero-order valence-corrected chi connectivity index (χ0v) is 26.6. The number of benzene rings is 9. The van der Waals surface area contributed by atoms with E-state index in [9.17, 15) is 0 Å². The van der Waals surface area contributed by atoms with Gasteiger partial charge in [-0.2, -0.15) is 0 Å². The highest BCUT2D eigenvalue weighted by molar-refractivity contribution is 7.26. The smallest absolute Gasteiger partial charge is 0.136 e. The van der Waals surface area contributed by atoms with E-state index in [4.69, 9.17) is 4.42 Å². The van der Waals surface area contributed by atoms with Crippen LogP contribution >= 0.6 is 11.3 Å². The monoisotopic (exact) mass is 626 g/mol. The molecule has 0 aliphatic heterocycles. The summed E-state index contributed by atoms with van der Waals surface area (Å²) in [6, 6.07) is 57.7. The van der Waals surface area contributed by atoms with Crippen molar-refractivity contribution in [3.63, 3.8) is 0 Å². The normalized spacial score (nSPS) is 12.2. The molecular formula is C46H26OS. The molecule has 9 aromatic carbocycles. The molecule has 0 aliphatic rings. The molecule has 0 bridgehead atoms. The predicted octanol–water partition coefficient (Wildman–Crippen LogP) is 13.9. The second kappa shape index (κ2) is 9.78. The van der Waals surface area contributed by atoms with Gasteiger partial charge in [-0.15, -0.1) is 11.3 Å². The van der Waals surface area contributed by atoms with Crippen LogP contribution in [-0.2, 0) is 0 Å². The molecular weight excluding hydrogens is 601 g/mol. The van der Waals surface area contributed by atoms with Gasteiger partial charge in [-0.1, -0.05) is 121 Å². The molecule has 1 nitrogen and oxygen atoms in total. The summed E-state index contributed by atoms with van der Waals surface area (Å²) in [6.07, 6.45) is 0. The fraction of sp³-hybridized carbons (Fsp3) is 0. The van der Waals surface area contributed by atoms with Crippen LogP contribution in [0, 0.1) is 0 Å². The molecule has 0 fully saturated rings. The van der Waals surface area contributed by atoms with Crippen molar-refractivity contribution in [3.05, 3.63) is 158 Å². The maximum atomic E-state index is 6.27. The van der Waals surface area contributed by atoms with Crippen LogP contribution in [0.1, 0.15) is 0 Å². The minimum Gasteiger partial charge on any atom is -0.456 e. The quantitative estimate of drug-likeness (QED) is 0.140. The summed E-state index contributed by atoms with van der Waals surface area (Å²) in [7, 11) is 0. The summed E-state index contributed by atoms with van der Waals surface area (Å²) in [5.41, 5.74) is 9.28. The van der Waals surface area contributed by atoms with Gasteiger partial charge >= 0.3 is 0 Å². The standard InChI is InChI=1S/C46H26OS/c1-3-16-33-31(14-1)42(28-12-7-11-27(25-28)30-19-9-22-39-45(30)36-18-5-6-21-38(36)47-39)32-15-2-4-17-34(32)44(33)37-26-29-13-8-23-40-43(29)46-35(37)20-10-24-41(46)48-40/h1-26H. The van der Waals surface area contributed by atoms with Crippen LogP contribution in [-0.4, -0.2) is 0 Å². The lowest BCUT2D eigenvalue weighted by Crippen LogP contribution is -1.92. The Morgan fingerprint density at radius 1 is 0.354 bits per heavy atom. The Kier molecular flexibility index (Phi) is 5.32. The average molecular weight is 627 g/mol. The summed E-state index contributed by atoms with van der Waals surface area (Å²) in [5, 5.41) is 12.8. The van der Waals surface area contributed by atoms with Crippen LogP contribution in [0.25, 0.3) is 108 Å². The Morgan fingerprint density at radius 3 is 1.73 bits per heavy atom. The average Bonchev–Trinajstić information content (AvgIpc) is 3.72. The van der Waals surface area contributed by atoms with Crippen molar-refractivity contribution in [1.82, 2.24) is 0 Å². The van der Waals surface area contributed by atoms with E-state index in [2.05, 4.69) is 152 Å². The van der Waals surface area contributed by atoms with E-state index in [0.29, 0.717) is 0 Å². The van der Waals surface area contributed by atoms with Crippen molar-refractivity contribution in [2.75, 3.05) is 0 Å². The molecule has 0 saturated carbocycles. The number of hydrogen-bond donors (Lipinski definition) is 0. The van der Waals surface area contributed by atoms with E-state index in [0.717, 1.165) is 21.9 Å². The van der Waals surface area contributed by atoms with Crippen LogP contribution < -0.4 is 0 Å². The van der Waals surface area contributed by atoms with Crippen molar-refractivity contribution in [2.24, 2.45) is 0 Å². The summed E-state index contributed by atoms with van der Waals surface area (Å²) in [4.78, 5) is 0. The molecule has 0 unspecified atom stereocenters. The van der Waals surface area contributed by atoms with Gasteiger partial charge in [0.15, 0.2) is 0 Å². The zero-order valence-electron chi connectivity index (χ0n) is 25.8. The van der Waals surface area contributed by atoms with Gasteiger partial charge in [0.1, 0.15) is 11.2 Å². The summed E-state index contributed by atoms with van der Waals surface area (Å²) < 4.78 is 8.97. The largest absolute Gasteiger partial charge is 0.456 e. The van der Waals surface area contributed by atoms with Crippen LogP contribution in [0.15, 0.2) is 162 Å². The van der Waals surface area contributed by atoms with Crippen LogP contribution in [0.3, 0.4) is 0 Å². The molecule has 0 amide bonds. The molecule has 0 aliphatic carbocycles. The lowest BCUT2D eigenvalue weighted by Gasteiger charge is -2.19. The number of para-hydroxylation sites is 1. The summed E-state index contributed by atoms with van der Waals surface area (Å²) in [6.45, 7) is 0. The van der Waals surface area contributed by atoms with Crippen molar-refractivity contribution in [1.29, 1.82) is 0 Å². The Hall–Kier alpha value is -5.96. The highest BCUT2D eigenvalue weighted by atomic mass is 32.1. The number of thiophene rings is 1. The fourth-order valence-electron chi connectivity index (χ4n) is 8.27. The van der Waals surface area contributed by atoms with E-state index in [1.54, 1.807) is 0 Å². The van der Waals surface area contributed by atoms with Gasteiger partial charge in [-0.05, 0) is 102 Å². The number of furan rings is 1. The van der Waals surface area contributed by atoms with Gasteiger partial charge in [-0.3, -0.25) is 0 Å². The summed E-state index contributed by atoms with van der Waals surface area (Å²) >= 11 is 1.90. The minimum absolute atomic E-state index is 0.916. The molecule has 11 aromatic rings. The van der Waals surface area contributed by atoms with Gasteiger partial charge in [0.2, 0.25) is 0 Å². The molecule has 0 spiro atoms. The second-order valence-electron chi connectivity index (χ2n) is 12.8. The number of fused-ring (bicyclic) bond motifs is 5. The van der Waals surface area contributed by atoms with E-state index < -0.39 is 0 Å². The molecule has 2 heteroatoms. The van der Waals surface area contributed by atoms with Crippen molar-refractivity contribution in [2.45, 2.75) is 0 Å². The van der Waals surface area contributed by atoms with Gasteiger partial charge in [0.05, 0.1) is 0 Å². The van der Waals surface area contributed by atoms with E-state index in [-0.39, 0.29) is 0 Å². The number of hydrogen-bond acceptors (Lipinski definition) is 2. The van der Waals surface area contributed by atoms with Crippen molar-refractivity contribution < 1.29 is 4.42 Å². The molecule has 0 radical (unpaired) electrons. The molecule has 2 aromatic heterocycles. The first kappa shape index (κ1) is 26.1. The van der Waals surface area contributed by atoms with Gasteiger partial charge in [-0.25, -0.2) is 0 Å². The Morgan fingerprint density at radius 2 is 0.938 bits per heavy atom. The topological polar surface area (TPSA) is 13.1 Å². The van der Waals surface area contributed by atoms with E-state index in [1.165, 1.54) is 85.9 Å². The molecule has 2 heterocycles. The summed E-state index contributed by atoms with van der Waals surface area (Å²) in [5.74, 6) is 0. The first-order valence-electron chi connectivity index (χ1n) is 16.4. The van der Waals surface area contributed by atoms with E-state index >= 15 is 0 Å². The first-order chi connectivity index (χ1) is 23.8.